The molecule has 0 radical (unpaired) electrons. The van der Waals surface area contributed by atoms with E-state index in [0.717, 1.165) is 77.0 Å². The van der Waals surface area contributed by atoms with Gasteiger partial charge in [-0.1, -0.05) is 185 Å². The maximum Gasteiger partial charge on any atom is 0.220 e. The minimum Gasteiger partial charge on any atom is -0.394 e. The molecule has 0 bridgehead atoms. The van der Waals surface area contributed by atoms with Crippen molar-refractivity contribution in [3.05, 3.63) is 36.5 Å². The summed E-state index contributed by atoms with van der Waals surface area (Å²) in [5, 5.41) is 87.0. The van der Waals surface area contributed by atoms with Gasteiger partial charge in [0, 0.05) is 6.42 Å². The van der Waals surface area contributed by atoms with Crippen molar-refractivity contribution in [3.8, 4) is 0 Å². The number of ether oxygens (including phenoxy) is 4. The molecule has 12 unspecified atom stereocenters. The first-order valence-corrected chi connectivity index (χ1v) is 27.2. The van der Waals surface area contributed by atoms with Crippen LogP contribution >= 0.6 is 0 Å². The second kappa shape index (κ2) is 40.8. The van der Waals surface area contributed by atoms with E-state index in [1.54, 1.807) is 0 Å². The fraction of sp³-hybridized carbons (Fsp3) is 0.870. The summed E-state index contributed by atoms with van der Waals surface area (Å²) in [7, 11) is 0. The third kappa shape index (κ3) is 27.1. The topological polar surface area (TPSA) is 228 Å². The molecule has 0 aromatic heterocycles. The molecule has 0 aromatic carbocycles. The van der Waals surface area contributed by atoms with E-state index in [2.05, 4.69) is 55.6 Å². The molecule has 2 saturated heterocycles. The van der Waals surface area contributed by atoms with Crippen LogP contribution < -0.4 is 5.32 Å². The lowest BCUT2D eigenvalue weighted by atomic mass is 9.97. The van der Waals surface area contributed by atoms with Crippen LogP contribution in [-0.4, -0.2) is 140 Å². The van der Waals surface area contributed by atoms with Crippen LogP contribution in [0, 0.1) is 0 Å². The molecule has 14 nitrogen and oxygen atoms in total. The van der Waals surface area contributed by atoms with Crippen LogP contribution in [0.25, 0.3) is 0 Å². The SMILES string of the molecule is CCCCC/C=C\C/C=C\C/C=C\CCCCCCCCC(=O)NC(COC1OC(CO)C(OC2OC(CO)C(O)C(O)C2O)C(O)C1O)C(O)CCCCCCCCCCCCCCCCC. The van der Waals surface area contributed by atoms with Crippen LogP contribution in [0.2, 0.25) is 0 Å². The Morgan fingerprint density at radius 1 is 0.529 bits per heavy atom. The summed E-state index contributed by atoms with van der Waals surface area (Å²) in [6.45, 7) is 2.82. The molecule has 9 N–H and O–H groups in total. The molecule has 14 heteroatoms. The van der Waals surface area contributed by atoms with Gasteiger partial charge in [0.2, 0.25) is 5.91 Å². The van der Waals surface area contributed by atoms with Crippen LogP contribution in [0.5, 0.6) is 0 Å². The van der Waals surface area contributed by atoms with E-state index in [4.69, 9.17) is 18.9 Å². The molecule has 0 aliphatic carbocycles. The molecule has 398 valence electrons. The van der Waals surface area contributed by atoms with Crippen LogP contribution in [-0.2, 0) is 23.7 Å². The van der Waals surface area contributed by atoms with Crippen molar-refractivity contribution in [2.75, 3.05) is 19.8 Å². The Labute approximate surface area is 411 Å². The third-order valence-corrected chi connectivity index (χ3v) is 13.4. The lowest BCUT2D eigenvalue weighted by Gasteiger charge is -2.46. The van der Waals surface area contributed by atoms with E-state index in [1.807, 2.05) is 0 Å². The van der Waals surface area contributed by atoms with Gasteiger partial charge in [0.1, 0.15) is 48.8 Å². The normalized spacial score (nSPS) is 26.6. The number of allylic oxidation sites excluding steroid dienone is 6. The molecule has 2 fully saturated rings. The monoisotopic (exact) mass is 970 g/mol. The minimum absolute atomic E-state index is 0.220. The molecule has 1 amide bonds. The lowest BCUT2D eigenvalue weighted by Crippen LogP contribution is -2.65. The Balaban J connectivity index is 1.81. The third-order valence-electron chi connectivity index (χ3n) is 13.4. The average molecular weight is 970 g/mol. The zero-order chi connectivity index (χ0) is 49.6. The minimum atomic E-state index is -1.78. The van der Waals surface area contributed by atoms with Crippen LogP contribution in [0.4, 0.5) is 0 Å². The number of rotatable bonds is 42. The molecule has 68 heavy (non-hydrogen) atoms. The molecule has 2 heterocycles. The zero-order valence-corrected chi connectivity index (χ0v) is 42.3. The molecular weight excluding hydrogens is 871 g/mol. The first-order chi connectivity index (χ1) is 33.1. The number of hydrogen-bond acceptors (Lipinski definition) is 13. The number of nitrogens with one attached hydrogen (secondary N) is 1. The van der Waals surface area contributed by atoms with Crippen molar-refractivity contribution in [3.63, 3.8) is 0 Å². The van der Waals surface area contributed by atoms with Gasteiger partial charge in [-0.2, -0.15) is 0 Å². The summed E-state index contributed by atoms with van der Waals surface area (Å²) in [5.41, 5.74) is 0. The van der Waals surface area contributed by atoms with Gasteiger partial charge in [0.05, 0.1) is 32.0 Å². The fourth-order valence-corrected chi connectivity index (χ4v) is 8.89. The Bertz CT molecular complexity index is 1280. The number of carbonyl (C=O) groups is 1. The second-order valence-corrected chi connectivity index (χ2v) is 19.4. The number of aliphatic hydroxyl groups excluding tert-OH is 8. The molecule has 0 spiro atoms. The average Bonchev–Trinajstić information content (AvgIpc) is 3.34. The first kappa shape index (κ1) is 62.3. The molecular formula is C54H99NO13. The van der Waals surface area contributed by atoms with Gasteiger partial charge in [0.25, 0.3) is 0 Å². The van der Waals surface area contributed by atoms with E-state index < -0.39 is 86.8 Å². The van der Waals surface area contributed by atoms with Crippen LogP contribution in [0.1, 0.15) is 206 Å². The Hall–Kier alpha value is -1.79. The van der Waals surface area contributed by atoms with Gasteiger partial charge >= 0.3 is 0 Å². The second-order valence-electron chi connectivity index (χ2n) is 19.4. The highest BCUT2D eigenvalue weighted by molar-refractivity contribution is 5.76. The summed E-state index contributed by atoms with van der Waals surface area (Å²) < 4.78 is 22.8. The number of amides is 1. The first-order valence-electron chi connectivity index (χ1n) is 27.2. The number of carbonyl (C=O) groups excluding carboxylic acids is 1. The number of aliphatic hydroxyl groups is 8. The summed E-state index contributed by atoms with van der Waals surface area (Å²) in [6, 6.07) is -0.835. The smallest absolute Gasteiger partial charge is 0.220 e. The van der Waals surface area contributed by atoms with Crippen molar-refractivity contribution in [1.29, 1.82) is 0 Å². The Morgan fingerprint density at radius 2 is 0.971 bits per heavy atom. The summed E-state index contributed by atoms with van der Waals surface area (Å²) in [4.78, 5) is 13.2. The van der Waals surface area contributed by atoms with Crippen LogP contribution in [0.15, 0.2) is 36.5 Å². The van der Waals surface area contributed by atoms with Gasteiger partial charge < -0.3 is 65.1 Å². The van der Waals surface area contributed by atoms with Crippen molar-refractivity contribution in [2.45, 2.75) is 280 Å². The Kier molecular flexibility index (Phi) is 37.4. The highest BCUT2D eigenvalue weighted by atomic mass is 16.7. The maximum atomic E-state index is 13.2. The predicted octanol–water partition coefficient (Wildman–Crippen LogP) is 7.88. The lowest BCUT2D eigenvalue weighted by molar-refractivity contribution is -0.359. The highest BCUT2D eigenvalue weighted by Crippen LogP contribution is 2.30. The van der Waals surface area contributed by atoms with Crippen molar-refractivity contribution < 1.29 is 64.6 Å². The highest BCUT2D eigenvalue weighted by Gasteiger charge is 2.51. The Morgan fingerprint density at radius 3 is 1.51 bits per heavy atom. The van der Waals surface area contributed by atoms with Gasteiger partial charge in [-0.15, -0.1) is 0 Å². The summed E-state index contributed by atoms with van der Waals surface area (Å²) >= 11 is 0. The molecule has 12 atom stereocenters. The molecule has 0 aromatic rings. The van der Waals surface area contributed by atoms with Gasteiger partial charge in [0.15, 0.2) is 12.6 Å². The molecule has 0 saturated carbocycles. The summed E-state index contributed by atoms with van der Waals surface area (Å²) in [6.07, 6.45) is 29.9. The fourth-order valence-electron chi connectivity index (χ4n) is 8.89. The molecule has 2 rings (SSSR count). The quantitative estimate of drug-likeness (QED) is 0.0210. The van der Waals surface area contributed by atoms with Crippen molar-refractivity contribution in [2.24, 2.45) is 0 Å². The molecule has 2 aliphatic rings. The largest absolute Gasteiger partial charge is 0.394 e. The zero-order valence-electron chi connectivity index (χ0n) is 42.3. The van der Waals surface area contributed by atoms with E-state index in [-0.39, 0.29) is 18.9 Å². The van der Waals surface area contributed by atoms with E-state index >= 15 is 0 Å². The van der Waals surface area contributed by atoms with Gasteiger partial charge in [-0.3, -0.25) is 4.79 Å². The van der Waals surface area contributed by atoms with E-state index in [1.165, 1.54) is 96.3 Å². The van der Waals surface area contributed by atoms with E-state index in [0.29, 0.717) is 12.8 Å². The van der Waals surface area contributed by atoms with Gasteiger partial charge in [-0.05, 0) is 51.4 Å². The standard InChI is InChI=1S/C54H99NO13/c1-3-5-7-9-11-13-15-17-19-20-21-22-24-26-28-30-32-34-36-38-46(59)55-42(43(58)37-35-33-31-29-27-25-23-18-16-14-12-10-8-6-4-2)41-65-53-51(64)49(62)52(45(40-57)67-53)68-54-50(63)48(61)47(60)44(39-56)66-54/h11,13,17,19,21-22,42-45,47-54,56-58,60-64H,3-10,12,14-16,18,20,23-41H2,1-2H3,(H,55,59)/b13-11-,19-17-,22-21-. The predicted molar refractivity (Wildman–Crippen MR) is 268 cm³/mol. The summed E-state index contributed by atoms with van der Waals surface area (Å²) in [5.74, 6) is -0.220. The van der Waals surface area contributed by atoms with E-state index in [9.17, 15) is 45.6 Å². The van der Waals surface area contributed by atoms with Crippen LogP contribution in [0.3, 0.4) is 0 Å². The van der Waals surface area contributed by atoms with Gasteiger partial charge in [-0.25, -0.2) is 0 Å². The number of hydrogen-bond donors (Lipinski definition) is 9. The number of unbranched alkanes of at least 4 members (excludes halogenated alkanes) is 23. The molecule has 2 aliphatic heterocycles. The maximum absolute atomic E-state index is 13.2. The van der Waals surface area contributed by atoms with Crippen molar-refractivity contribution in [1.82, 2.24) is 5.32 Å². The van der Waals surface area contributed by atoms with Crippen molar-refractivity contribution >= 4 is 5.91 Å².